The van der Waals surface area contributed by atoms with Gasteiger partial charge in [0.15, 0.2) is 9.84 Å². The van der Waals surface area contributed by atoms with E-state index in [1.807, 2.05) is 0 Å². The van der Waals surface area contributed by atoms with Crippen LogP contribution in [-0.4, -0.2) is 62.3 Å². The highest BCUT2D eigenvalue weighted by Crippen LogP contribution is 2.55. The molecular formula is C11H15F2NO5S. The summed E-state index contributed by atoms with van der Waals surface area (Å²) in [6.07, 6.45) is 0. The Kier molecular flexibility index (Phi) is 3.52. The average molecular weight is 311 g/mol. The van der Waals surface area contributed by atoms with Gasteiger partial charge in [-0.2, -0.15) is 0 Å². The fourth-order valence-corrected chi connectivity index (χ4v) is 3.88. The Balaban J connectivity index is 2.21. The SMILES string of the molecule is COC(=O)C1CS(=O)(=O)CCN1C(=O)C1C(C)C1(F)F. The summed E-state index contributed by atoms with van der Waals surface area (Å²) in [6.45, 7) is 0.983. The second-order valence-electron chi connectivity index (χ2n) is 5.13. The molecule has 0 aromatic rings. The smallest absolute Gasteiger partial charge is 0.329 e. The van der Waals surface area contributed by atoms with Crippen LogP contribution in [-0.2, 0) is 24.2 Å². The molecule has 0 aromatic carbocycles. The van der Waals surface area contributed by atoms with E-state index in [0.29, 0.717) is 0 Å². The monoisotopic (exact) mass is 311 g/mol. The molecule has 1 saturated heterocycles. The zero-order valence-corrected chi connectivity index (χ0v) is 11.8. The van der Waals surface area contributed by atoms with Crippen molar-refractivity contribution in [1.82, 2.24) is 4.90 Å². The number of ether oxygens (including phenoxy) is 1. The third kappa shape index (κ3) is 2.38. The third-order valence-corrected chi connectivity index (χ3v) is 5.49. The van der Waals surface area contributed by atoms with E-state index in [-0.39, 0.29) is 12.3 Å². The van der Waals surface area contributed by atoms with Gasteiger partial charge < -0.3 is 9.64 Å². The van der Waals surface area contributed by atoms with Gasteiger partial charge in [-0.15, -0.1) is 0 Å². The fourth-order valence-electron chi connectivity index (χ4n) is 2.44. The fraction of sp³-hybridized carbons (Fsp3) is 0.818. The lowest BCUT2D eigenvalue weighted by atomic mass is 10.2. The largest absolute Gasteiger partial charge is 0.467 e. The van der Waals surface area contributed by atoms with Crippen LogP contribution < -0.4 is 0 Å². The molecule has 0 spiro atoms. The van der Waals surface area contributed by atoms with Crippen LogP contribution in [0.3, 0.4) is 0 Å². The Morgan fingerprint density at radius 2 is 1.90 bits per heavy atom. The van der Waals surface area contributed by atoms with Gasteiger partial charge in [0.25, 0.3) is 5.92 Å². The molecule has 1 aliphatic heterocycles. The second kappa shape index (κ2) is 4.64. The maximum absolute atomic E-state index is 13.3. The van der Waals surface area contributed by atoms with Gasteiger partial charge in [-0.05, 0) is 0 Å². The predicted molar refractivity (Wildman–Crippen MR) is 63.8 cm³/mol. The van der Waals surface area contributed by atoms with Gasteiger partial charge in [-0.25, -0.2) is 22.0 Å². The highest BCUT2D eigenvalue weighted by Gasteiger charge is 2.70. The first-order valence-electron chi connectivity index (χ1n) is 6.08. The number of carbonyl (C=O) groups is 2. The molecular weight excluding hydrogens is 296 g/mol. The molecule has 0 bridgehead atoms. The first-order valence-corrected chi connectivity index (χ1v) is 7.90. The average Bonchev–Trinajstić information content (AvgIpc) is 2.85. The molecule has 20 heavy (non-hydrogen) atoms. The van der Waals surface area contributed by atoms with Crippen LogP contribution in [0.15, 0.2) is 0 Å². The van der Waals surface area contributed by atoms with E-state index in [2.05, 4.69) is 4.74 Å². The minimum absolute atomic E-state index is 0.264. The molecule has 2 aliphatic rings. The Labute approximate surface area is 115 Å². The number of esters is 1. The van der Waals surface area contributed by atoms with Crippen molar-refractivity contribution in [3.63, 3.8) is 0 Å². The topological polar surface area (TPSA) is 80.8 Å². The summed E-state index contributed by atoms with van der Waals surface area (Å²) in [6, 6.07) is -1.34. The van der Waals surface area contributed by atoms with Crippen molar-refractivity contribution in [3.05, 3.63) is 0 Å². The van der Waals surface area contributed by atoms with E-state index in [1.54, 1.807) is 0 Å². The first-order chi connectivity index (χ1) is 9.12. The minimum atomic E-state index is -3.48. The number of hydrogen-bond acceptors (Lipinski definition) is 5. The zero-order valence-electron chi connectivity index (χ0n) is 11.0. The molecule has 3 atom stereocenters. The van der Waals surface area contributed by atoms with Gasteiger partial charge in [-0.1, -0.05) is 6.92 Å². The zero-order chi connectivity index (χ0) is 15.3. The number of sulfone groups is 1. The number of carbonyl (C=O) groups excluding carboxylic acids is 2. The molecule has 0 aromatic heterocycles. The van der Waals surface area contributed by atoms with Gasteiger partial charge in [0.05, 0.1) is 18.6 Å². The van der Waals surface area contributed by atoms with Crippen molar-refractivity contribution in [2.24, 2.45) is 11.8 Å². The van der Waals surface area contributed by atoms with Crippen molar-refractivity contribution in [2.45, 2.75) is 18.9 Å². The molecule has 9 heteroatoms. The number of hydrogen-bond donors (Lipinski definition) is 0. The summed E-state index contributed by atoms with van der Waals surface area (Å²) >= 11 is 0. The standard InChI is InChI=1S/C11H15F2NO5S/c1-6-8(11(6,12)13)9(15)14-3-4-20(17,18)5-7(14)10(16)19-2/h6-8H,3-5H2,1-2H3. The summed E-state index contributed by atoms with van der Waals surface area (Å²) in [5.74, 6) is -8.36. The number of amides is 1. The predicted octanol–water partition coefficient (Wildman–Crippen LogP) is -0.314. The molecule has 1 aliphatic carbocycles. The van der Waals surface area contributed by atoms with Crippen LogP contribution in [0.2, 0.25) is 0 Å². The lowest BCUT2D eigenvalue weighted by molar-refractivity contribution is -0.153. The van der Waals surface area contributed by atoms with Crippen LogP contribution in [0.5, 0.6) is 0 Å². The van der Waals surface area contributed by atoms with Crippen molar-refractivity contribution in [3.8, 4) is 0 Å². The molecule has 2 rings (SSSR count). The Hall–Kier alpha value is -1.25. The maximum Gasteiger partial charge on any atom is 0.329 e. The van der Waals surface area contributed by atoms with Gasteiger partial charge in [0.2, 0.25) is 5.91 Å². The van der Waals surface area contributed by atoms with E-state index in [9.17, 15) is 26.8 Å². The molecule has 0 radical (unpaired) electrons. The molecule has 6 nitrogen and oxygen atoms in total. The second-order valence-corrected chi connectivity index (χ2v) is 7.35. The lowest BCUT2D eigenvalue weighted by Gasteiger charge is -2.33. The number of methoxy groups -OCH3 is 1. The third-order valence-electron chi connectivity index (χ3n) is 3.87. The maximum atomic E-state index is 13.3. The summed E-state index contributed by atoms with van der Waals surface area (Å²) in [5, 5.41) is 0. The summed E-state index contributed by atoms with van der Waals surface area (Å²) in [5.41, 5.74) is 0. The molecule has 3 unspecified atom stereocenters. The van der Waals surface area contributed by atoms with Crippen molar-refractivity contribution >= 4 is 21.7 Å². The first kappa shape index (κ1) is 15.1. The van der Waals surface area contributed by atoms with Crippen LogP contribution >= 0.6 is 0 Å². The molecule has 2 fully saturated rings. The highest BCUT2D eigenvalue weighted by molar-refractivity contribution is 7.91. The van der Waals surface area contributed by atoms with Crippen LogP contribution in [0.4, 0.5) is 8.78 Å². The molecule has 114 valence electrons. The van der Waals surface area contributed by atoms with E-state index in [1.165, 1.54) is 6.92 Å². The van der Waals surface area contributed by atoms with E-state index in [0.717, 1.165) is 12.0 Å². The Morgan fingerprint density at radius 3 is 2.35 bits per heavy atom. The van der Waals surface area contributed by atoms with Crippen LogP contribution in [0, 0.1) is 11.8 Å². The minimum Gasteiger partial charge on any atom is -0.467 e. The number of halogens is 2. The summed E-state index contributed by atoms with van der Waals surface area (Å²) in [4.78, 5) is 24.6. The van der Waals surface area contributed by atoms with Crippen LogP contribution in [0.1, 0.15) is 6.92 Å². The highest BCUT2D eigenvalue weighted by atomic mass is 32.2. The van der Waals surface area contributed by atoms with Crippen molar-refractivity contribution in [2.75, 3.05) is 25.2 Å². The summed E-state index contributed by atoms with van der Waals surface area (Å²) in [7, 11) is -2.43. The number of nitrogens with zero attached hydrogens (tertiary/aromatic N) is 1. The number of alkyl halides is 2. The molecule has 1 amide bonds. The molecule has 1 heterocycles. The van der Waals surface area contributed by atoms with Gasteiger partial charge in [0.1, 0.15) is 12.0 Å². The molecule has 1 saturated carbocycles. The van der Waals surface area contributed by atoms with Gasteiger partial charge in [-0.3, -0.25) is 4.79 Å². The Bertz CT molecular complexity index is 547. The van der Waals surface area contributed by atoms with E-state index < -0.39 is 51.3 Å². The Morgan fingerprint density at radius 1 is 1.35 bits per heavy atom. The van der Waals surface area contributed by atoms with Crippen LogP contribution in [0.25, 0.3) is 0 Å². The lowest BCUT2D eigenvalue weighted by Crippen LogP contribution is -2.56. The van der Waals surface area contributed by atoms with Gasteiger partial charge in [0, 0.05) is 12.5 Å². The quantitative estimate of drug-likeness (QED) is 0.653. The number of rotatable bonds is 2. The van der Waals surface area contributed by atoms with E-state index in [4.69, 9.17) is 0 Å². The van der Waals surface area contributed by atoms with E-state index >= 15 is 0 Å². The van der Waals surface area contributed by atoms with Crippen molar-refractivity contribution in [1.29, 1.82) is 0 Å². The van der Waals surface area contributed by atoms with Crippen molar-refractivity contribution < 1.29 is 31.5 Å². The van der Waals surface area contributed by atoms with Gasteiger partial charge >= 0.3 is 5.97 Å². The normalized spacial score (nSPS) is 34.4. The molecule has 0 N–H and O–H groups in total. The summed E-state index contributed by atoms with van der Waals surface area (Å²) < 4.78 is 54.1.